The summed E-state index contributed by atoms with van der Waals surface area (Å²) in [6, 6.07) is 9.33. The molecule has 2 rings (SSSR count). The van der Waals surface area contributed by atoms with E-state index in [1.54, 1.807) is 14.0 Å². The third-order valence-electron chi connectivity index (χ3n) is 3.07. The van der Waals surface area contributed by atoms with Crippen molar-refractivity contribution in [3.8, 4) is 5.75 Å². The first-order valence-electron chi connectivity index (χ1n) is 6.87. The van der Waals surface area contributed by atoms with Crippen molar-refractivity contribution >= 4 is 11.7 Å². The number of aromatic nitrogens is 1. The molecule has 6 nitrogen and oxygen atoms in total. The minimum atomic E-state index is -0.666. The highest BCUT2D eigenvalue weighted by atomic mass is 16.5. The average molecular weight is 302 g/mol. The fourth-order valence-corrected chi connectivity index (χ4v) is 2.01. The number of hydrogen-bond acceptors (Lipinski definition) is 5. The minimum Gasteiger partial charge on any atom is -0.482 e. The van der Waals surface area contributed by atoms with Crippen LogP contribution in [-0.2, 0) is 18.4 Å². The summed E-state index contributed by atoms with van der Waals surface area (Å²) in [6.07, 6.45) is 1.38. The molecule has 0 amide bonds. The van der Waals surface area contributed by atoms with Crippen LogP contribution in [0, 0.1) is 0 Å². The molecule has 2 N–H and O–H groups in total. The van der Waals surface area contributed by atoms with E-state index in [2.05, 4.69) is 0 Å². The van der Waals surface area contributed by atoms with Gasteiger partial charge < -0.3 is 19.8 Å². The standard InChI is InChI=1S/C16H18N2O4/c1-3-21-16(20)13-12(17)9-18(2)15(19)14(13)22-10-11-7-5-4-6-8-11/h4-9H,3,10,17H2,1-2H3. The van der Waals surface area contributed by atoms with Gasteiger partial charge in [-0.25, -0.2) is 4.79 Å². The lowest BCUT2D eigenvalue weighted by molar-refractivity contribution is 0.0522. The summed E-state index contributed by atoms with van der Waals surface area (Å²) in [7, 11) is 1.54. The number of esters is 1. The molecule has 6 heteroatoms. The summed E-state index contributed by atoms with van der Waals surface area (Å²) in [5, 5.41) is 0. The van der Waals surface area contributed by atoms with Gasteiger partial charge in [0, 0.05) is 13.2 Å². The van der Waals surface area contributed by atoms with E-state index in [1.807, 2.05) is 30.3 Å². The number of carbonyl (C=O) groups is 1. The lowest BCUT2D eigenvalue weighted by Crippen LogP contribution is -2.24. The number of aryl methyl sites for hydroxylation is 1. The number of anilines is 1. The van der Waals surface area contributed by atoms with Crippen LogP contribution in [0.25, 0.3) is 0 Å². The lowest BCUT2D eigenvalue weighted by Gasteiger charge is -2.13. The van der Waals surface area contributed by atoms with E-state index in [0.717, 1.165) is 5.56 Å². The van der Waals surface area contributed by atoms with E-state index in [1.165, 1.54) is 10.8 Å². The van der Waals surface area contributed by atoms with Gasteiger partial charge >= 0.3 is 5.97 Å². The van der Waals surface area contributed by atoms with Gasteiger partial charge in [-0.1, -0.05) is 30.3 Å². The molecular weight excluding hydrogens is 284 g/mol. The van der Waals surface area contributed by atoms with Crippen molar-refractivity contribution in [2.24, 2.45) is 7.05 Å². The fraction of sp³-hybridized carbons (Fsp3) is 0.250. The molecule has 22 heavy (non-hydrogen) atoms. The number of nitrogens with zero attached hydrogens (tertiary/aromatic N) is 1. The van der Waals surface area contributed by atoms with Crippen molar-refractivity contribution < 1.29 is 14.3 Å². The molecule has 0 aliphatic rings. The Bertz CT molecular complexity index is 723. The largest absolute Gasteiger partial charge is 0.482 e. The Hall–Kier alpha value is -2.76. The van der Waals surface area contributed by atoms with Crippen molar-refractivity contribution in [2.45, 2.75) is 13.5 Å². The monoisotopic (exact) mass is 302 g/mol. The molecule has 0 atom stereocenters. The number of carbonyl (C=O) groups excluding carboxylic acids is 1. The zero-order valence-corrected chi connectivity index (χ0v) is 12.5. The molecule has 0 saturated carbocycles. The normalized spacial score (nSPS) is 10.3. The average Bonchev–Trinajstić information content (AvgIpc) is 2.50. The molecule has 0 saturated heterocycles. The van der Waals surface area contributed by atoms with E-state index in [-0.39, 0.29) is 30.2 Å². The zero-order chi connectivity index (χ0) is 16.1. The highest BCUT2D eigenvalue weighted by molar-refractivity contribution is 5.97. The minimum absolute atomic E-state index is 0.0270. The number of nitrogen functional groups attached to an aromatic ring is 1. The summed E-state index contributed by atoms with van der Waals surface area (Å²) in [4.78, 5) is 24.3. The van der Waals surface area contributed by atoms with Crippen LogP contribution < -0.4 is 16.0 Å². The number of rotatable bonds is 5. The summed E-state index contributed by atoms with van der Waals surface area (Å²) in [5.41, 5.74) is 6.41. The van der Waals surface area contributed by atoms with Gasteiger partial charge in [0.2, 0.25) is 5.75 Å². The van der Waals surface area contributed by atoms with Crippen LogP contribution in [0.1, 0.15) is 22.8 Å². The number of hydrogen-bond donors (Lipinski definition) is 1. The smallest absolute Gasteiger partial charge is 0.344 e. The van der Waals surface area contributed by atoms with E-state index in [4.69, 9.17) is 15.2 Å². The highest BCUT2D eigenvalue weighted by Gasteiger charge is 2.22. The molecule has 1 aromatic heterocycles. The molecular formula is C16H18N2O4. The van der Waals surface area contributed by atoms with Crippen LogP contribution in [0.3, 0.4) is 0 Å². The second-order valence-electron chi connectivity index (χ2n) is 4.70. The fourth-order valence-electron chi connectivity index (χ4n) is 2.01. The predicted molar refractivity (Wildman–Crippen MR) is 82.8 cm³/mol. The van der Waals surface area contributed by atoms with Gasteiger partial charge in [0.1, 0.15) is 12.2 Å². The number of benzene rings is 1. The maximum Gasteiger partial charge on any atom is 0.344 e. The first kappa shape index (κ1) is 15.6. The summed E-state index contributed by atoms with van der Waals surface area (Å²) in [6.45, 7) is 2.02. The van der Waals surface area contributed by atoms with Crippen molar-refractivity contribution in [1.82, 2.24) is 4.57 Å². The Kier molecular flexibility index (Phi) is 4.83. The molecule has 0 fully saturated rings. The van der Waals surface area contributed by atoms with Crippen LogP contribution in [0.2, 0.25) is 0 Å². The molecule has 1 heterocycles. The van der Waals surface area contributed by atoms with Gasteiger partial charge in [-0.3, -0.25) is 4.79 Å². The molecule has 2 aromatic rings. The van der Waals surface area contributed by atoms with E-state index < -0.39 is 11.5 Å². The van der Waals surface area contributed by atoms with E-state index in [0.29, 0.717) is 0 Å². The van der Waals surface area contributed by atoms with Crippen molar-refractivity contribution in [3.05, 3.63) is 58.0 Å². The van der Waals surface area contributed by atoms with Gasteiger partial charge in [0.15, 0.2) is 0 Å². The summed E-state index contributed by atoms with van der Waals surface area (Å²) >= 11 is 0. The Balaban J connectivity index is 2.39. The van der Waals surface area contributed by atoms with Gasteiger partial charge in [0.05, 0.1) is 12.3 Å². The van der Waals surface area contributed by atoms with Gasteiger partial charge in [-0.15, -0.1) is 0 Å². The molecule has 0 aliphatic heterocycles. The van der Waals surface area contributed by atoms with Crippen molar-refractivity contribution in [1.29, 1.82) is 0 Å². The maximum absolute atomic E-state index is 12.2. The van der Waals surface area contributed by atoms with Crippen LogP contribution >= 0.6 is 0 Å². The first-order chi connectivity index (χ1) is 10.5. The third kappa shape index (κ3) is 3.28. The second kappa shape index (κ2) is 6.80. The molecule has 0 aliphatic carbocycles. The topological polar surface area (TPSA) is 83.5 Å². The number of pyridine rings is 1. The van der Waals surface area contributed by atoms with Crippen LogP contribution in [-0.4, -0.2) is 17.1 Å². The first-order valence-corrected chi connectivity index (χ1v) is 6.87. The van der Waals surface area contributed by atoms with Crippen LogP contribution in [0.5, 0.6) is 5.75 Å². The quantitative estimate of drug-likeness (QED) is 0.850. The molecule has 116 valence electrons. The molecule has 0 bridgehead atoms. The van der Waals surface area contributed by atoms with Gasteiger partial charge in [-0.2, -0.15) is 0 Å². The zero-order valence-electron chi connectivity index (χ0n) is 12.5. The SMILES string of the molecule is CCOC(=O)c1c(N)cn(C)c(=O)c1OCc1ccccc1. The van der Waals surface area contributed by atoms with Crippen LogP contribution in [0.15, 0.2) is 41.3 Å². The van der Waals surface area contributed by atoms with E-state index in [9.17, 15) is 9.59 Å². The third-order valence-corrected chi connectivity index (χ3v) is 3.07. The van der Waals surface area contributed by atoms with Crippen LogP contribution in [0.4, 0.5) is 5.69 Å². The molecule has 0 unspecified atom stereocenters. The Morgan fingerprint density at radius 1 is 1.27 bits per heavy atom. The molecule has 1 aromatic carbocycles. The van der Waals surface area contributed by atoms with Gasteiger partial charge in [0.25, 0.3) is 5.56 Å². The Morgan fingerprint density at radius 2 is 1.95 bits per heavy atom. The number of nitrogens with two attached hydrogens (primary N) is 1. The predicted octanol–water partition coefficient (Wildman–Crippen LogP) is 1.72. The highest BCUT2D eigenvalue weighted by Crippen LogP contribution is 2.22. The molecule has 0 radical (unpaired) electrons. The van der Waals surface area contributed by atoms with E-state index >= 15 is 0 Å². The lowest BCUT2D eigenvalue weighted by atomic mass is 10.2. The Morgan fingerprint density at radius 3 is 2.59 bits per heavy atom. The van der Waals surface area contributed by atoms with Crippen molar-refractivity contribution in [3.63, 3.8) is 0 Å². The second-order valence-corrected chi connectivity index (χ2v) is 4.70. The maximum atomic E-state index is 12.2. The van der Waals surface area contributed by atoms with Gasteiger partial charge in [-0.05, 0) is 12.5 Å². The summed E-state index contributed by atoms with van der Waals surface area (Å²) < 4.78 is 11.8. The van der Waals surface area contributed by atoms with Crippen molar-refractivity contribution in [2.75, 3.05) is 12.3 Å². The Labute approximate surface area is 128 Å². The molecule has 0 spiro atoms. The summed E-state index contributed by atoms with van der Waals surface area (Å²) in [5.74, 6) is -0.759. The number of ether oxygens (including phenoxy) is 2.